The zero-order valence-corrected chi connectivity index (χ0v) is 14.6. The number of halogens is 1. The maximum Gasteiger partial charge on any atom is 0.224 e. The molecule has 0 saturated heterocycles. The second kappa shape index (κ2) is 8.18. The molecule has 2 rings (SSSR count). The zero-order valence-electron chi connectivity index (χ0n) is 13.9. The molecule has 2 N–H and O–H groups in total. The predicted molar refractivity (Wildman–Crippen MR) is 95.5 cm³/mol. The third-order valence-corrected chi connectivity index (χ3v) is 4.09. The van der Waals surface area contributed by atoms with E-state index in [0.29, 0.717) is 11.4 Å². The Morgan fingerprint density at radius 1 is 1.21 bits per heavy atom. The van der Waals surface area contributed by atoms with Crippen molar-refractivity contribution in [2.24, 2.45) is 0 Å². The Morgan fingerprint density at radius 3 is 2.50 bits per heavy atom. The van der Waals surface area contributed by atoms with Gasteiger partial charge in [-0.15, -0.1) is 0 Å². The molecule has 0 saturated carbocycles. The van der Waals surface area contributed by atoms with Gasteiger partial charge in [0.2, 0.25) is 5.91 Å². The van der Waals surface area contributed by atoms with Gasteiger partial charge >= 0.3 is 0 Å². The SMILES string of the molecule is COc1ccc(C[C@@](C)(O)CNC(=O)Cc2ccccc2Cl)cc1. The van der Waals surface area contributed by atoms with Crippen LogP contribution >= 0.6 is 11.6 Å². The maximum atomic E-state index is 12.0. The highest BCUT2D eigenvalue weighted by Crippen LogP contribution is 2.17. The summed E-state index contributed by atoms with van der Waals surface area (Å²) in [5.41, 5.74) is 0.706. The average molecular weight is 348 g/mol. The van der Waals surface area contributed by atoms with Crippen LogP contribution in [0.1, 0.15) is 18.1 Å². The summed E-state index contributed by atoms with van der Waals surface area (Å²) in [5, 5.41) is 13.8. The fourth-order valence-corrected chi connectivity index (χ4v) is 2.61. The van der Waals surface area contributed by atoms with Gasteiger partial charge in [-0.05, 0) is 36.2 Å². The van der Waals surface area contributed by atoms with Crippen LogP contribution in [0.5, 0.6) is 5.75 Å². The molecule has 2 aromatic carbocycles. The lowest BCUT2D eigenvalue weighted by Gasteiger charge is -2.24. The third kappa shape index (κ3) is 5.55. The average Bonchev–Trinajstić information content (AvgIpc) is 2.56. The Labute approximate surface area is 147 Å². The van der Waals surface area contributed by atoms with Crippen molar-refractivity contribution in [3.05, 3.63) is 64.7 Å². The van der Waals surface area contributed by atoms with Crippen LogP contribution in [0.3, 0.4) is 0 Å². The van der Waals surface area contributed by atoms with Crippen molar-refractivity contribution in [3.63, 3.8) is 0 Å². The molecule has 0 unspecified atom stereocenters. The highest BCUT2D eigenvalue weighted by molar-refractivity contribution is 6.31. The van der Waals surface area contributed by atoms with Gasteiger partial charge in [-0.1, -0.05) is 41.9 Å². The molecular weight excluding hydrogens is 326 g/mol. The minimum Gasteiger partial charge on any atom is -0.497 e. The fourth-order valence-electron chi connectivity index (χ4n) is 2.41. The summed E-state index contributed by atoms with van der Waals surface area (Å²) in [5.74, 6) is 0.601. The first-order valence-electron chi connectivity index (χ1n) is 7.75. The van der Waals surface area contributed by atoms with Gasteiger partial charge in [0.15, 0.2) is 0 Å². The van der Waals surface area contributed by atoms with Gasteiger partial charge < -0.3 is 15.2 Å². The number of ether oxygens (including phenoxy) is 1. The van der Waals surface area contributed by atoms with Gasteiger partial charge in [-0.25, -0.2) is 0 Å². The molecule has 0 aliphatic rings. The van der Waals surface area contributed by atoms with E-state index in [4.69, 9.17) is 16.3 Å². The Morgan fingerprint density at radius 2 is 1.88 bits per heavy atom. The molecule has 128 valence electrons. The molecule has 1 atom stereocenters. The first kappa shape index (κ1) is 18.3. The maximum absolute atomic E-state index is 12.0. The summed E-state index contributed by atoms with van der Waals surface area (Å²) in [7, 11) is 1.61. The largest absolute Gasteiger partial charge is 0.497 e. The van der Waals surface area contributed by atoms with Crippen molar-refractivity contribution in [2.75, 3.05) is 13.7 Å². The second-order valence-electron chi connectivity index (χ2n) is 6.07. The minimum atomic E-state index is -1.04. The quantitative estimate of drug-likeness (QED) is 0.809. The summed E-state index contributed by atoms with van der Waals surface area (Å²) in [4.78, 5) is 12.0. The van der Waals surface area contributed by atoms with Crippen molar-refractivity contribution in [1.82, 2.24) is 5.32 Å². The predicted octanol–water partition coefficient (Wildman–Crippen LogP) is 3.00. The first-order valence-corrected chi connectivity index (χ1v) is 8.13. The molecular formula is C19H22ClNO3. The van der Waals surface area contributed by atoms with Gasteiger partial charge in [0.05, 0.1) is 19.1 Å². The molecule has 0 fully saturated rings. The van der Waals surface area contributed by atoms with Crippen molar-refractivity contribution in [1.29, 1.82) is 0 Å². The summed E-state index contributed by atoms with van der Waals surface area (Å²) in [6, 6.07) is 14.7. The number of hydrogen-bond acceptors (Lipinski definition) is 3. The number of hydrogen-bond donors (Lipinski definition) is 2. The molecule has 1 amide bonds. The number of carbonyl (C=O) groups is 1. The Kier molecular flexibility index (Phi) is 6.23. The van der Waals surface area contributed by atoms with Crippen molar-refractivity contribution < 1.29 is 14.6 Å². The highest BCUT2D eigenvalue weighted by Gasteiger charge is 2.22. The van der Waals surface area contributed by atoms with Crippen molar-refractivity contribution in [2.45, 2.75) is 25.4 Å². The van der Waals surface area contributed by atoms with E-state index < -0.39 is 5.60 Å². The number of benzene rings is 2. The standard InChI is InChI=1S/C19H22ClNO3/c1-19(23,12-14-7-9-16(24-2)10-8-14)13-21-18(22)11-15-5-3-4-6-17(15)20/h3-10,23H,11-13H2,1-2H3,(H,21,22)/t19-/m1/s1. The second-order valence-corrected chi connectivity index (χ2v) is 6.47. The molecule has 0 spiro atoms. The van der Waals surface area contributed by atoms with E-state index in [0.717, 1.165) is 16.9 Å². The van der Waals surface area contributed by atoms with E-state index in [1.807, 2.05) is 42.5 Å². The number of methoxy groups -OCH3 is 1. The van der Waals surface area contributed by atoms with Crippen LogP contribution in [-0.2, 0) is 17.6 Å². The van der Waals surface area contributed by atoms with Gasteiger partial charge in [0, 0.05) is 18.0 Å². The van der Waals surface area contributed by atoms with Crippen LogP contribution in [0.25, 0.3) is 0 Å². The molecule has 0 radical (unpaired) electrons. The summed E-state index contributed by atoms with van der Waals surface area (Å²) >= 11 is 6.05. The van der Waals surface area contributed by atoms with Crippen LogP contribution in [0.15, 0.2) is 48.5 Å². The molecule has 0 aliphatic heterocycles. The smallest absolute Gasteiger partial charge is 0.224 e. The molecule has 0 aliphatic carbocycles. The Balaban J connectivity index is 1.87. The van der Waals surface area contributed by atoms with E-state index in [1.54, 1.807) is 20.1 Å². The minimum absolute atomic E-state index is 0.168. The summed E-state index contributed by atoms with van der Waals surface area (Å²) in [6.07, 6.45) is 0.627. The molecule has 24 heavy (non-hydrogen) atoms. The van der Waals surface area contributed by atoms with Crippen LogP contribution < -0.4 is 10.1 Å². The number of aliphatic hydroxyl groups is 1. The van der Waals surface area contributed by atoms with E-state index in [1.165, 1.54) is 0 Å². The third-order valence-electron chi connectivity index (χ3n) is 3.72. The van der Waals surface area contributed by atoms with Crippen LogP contribution in [0, 0.1) is 0 Å². The Hall–Kier alpha value is -2.04. The van der Waals surface area contributed by atoms with E-state index >= 15 is 0 Å². The van der Waals surface area contributed by atoms with Crippen molar-refractivity contribution in [3.8, 4) is 5.75 Å². The molecule has 0 aromatic heterocycles. The van der Waals surface area contributed by atoms with Crippen LogP contribution in [0.4, 0.5) is 0 Å². The highest BCUT2D eigenvalue weighted by atomic mass is 35.5. The van der Waals surface area contributed by atoms with Gasteiger partial charge in [0.1, 0.15) is 5.75 Å². The number of carbonyl (C=O) groups excluding carboxylic acids is 1. The molecule has 4 nitrogen and oxygen atoms in total. The Bertz CT molecular complexity index is 683. The molecule has 5 heteroatoms. The van der Waals surface area contributed by atoms with Crippen LogP contribution in [-0.4, -0.2) is 30.3 Å². The molecule has 0 heterocycles. The number of nitrogens with one attached hydrogen (secondary N) is 1. The first-order chi connectivity index (χ1) is 11.4. The molecule has 2 aromatic rings. The monoisotopic (exact) mass is 347 g/mol. The summed E-state index contributed by atoms with van der Waals surface area (Å²) < 4.78 is 5.11. The van der Waals surface area contributed by atoms with Gasteiger partial charge in [0.25, 0.3) is 0 Å². The van der Waals surface area contributed by atoms with Crippen LogP contribution in [0.2, 0.25) is 5.02 Å². The lowest BCUT2D eigenvalue weighted by Crippen LogP contribution is -2.42. The normalized spacial score (nSPS) is 13.2. The van der Waals surface area contributed by atoms with E-state index in [-0.39, 0.29) is 18.9 Å². The zero-order chi connectivity index (χ0) is 17.6. The lowest BCUT2D eigenvalue weighted by atomic mass is 9.96. The lowest BCUT2D eigenvalue weighted by molar-refractivity contribution is -0.121. The van der Waals surface area contributed by atoms with Crippen molar-refractivity contribution >= 4 is 17.5 Å². The fraction of sp³-hybridized carbons (Fsp3) is 0.316. The summed E-state index contributed by atoms with van der Waals surface area (Å²) in [6.45, 7) is 1.87. The number of rotatable bonds is 7. The topological polar surface area (TPSA) is 58.6 Å². The van der Waals surface area contributed by atoms with E-state index in [2.05, 4.69) is 5.32 Å². The number of amides is 1. The molecule has 0 bridgehead atoms. The van der Waals surface area contributed by atoms with Gasteiger partial charge in [-0.3, -0.25) is 4.79 Å². The van der Waals surface area contributed by atoms with Gasteiger partial charge in [-0.2, -0.15) is 0 Å². The van der Waals surface area contributed by atoms with E-state index in [9.17, 15) is 9.90 Å².